The Labute approximate surface area is 137 Å². The Morgan fingerprint density at radius 2 is 1.96 bits per heavy atom. The third kappa shape index (κ3) is 3.94. The van der Waals surface area contributed by atoms with E-state index in [4.69, 9.17) is 9.47 Å². The van der Waals surface area contributed by atoms with Crippen molar-refractivity contribution in [3.63, 3.8) is 0 Å². The highest BCUT2D eigenvalue weighted by atomic mass is 32.2. The number of sulfonamides is 1. The molecule has 2 aliphatic rings. The Kier molecular flexibility index (Phi) is 4.74. The van der Waals surface area contributed by atoms with Gasteiger partial charge in [0.05, 0.1) is 30.9 Å². The standard InChI is InChI=1S/C15H23N3O4S/c1-2-11-23(19,20)17-13-3-4-14(16-12-13)18-7-5-15(6-8-18)21-9-10-22-15/h3-4,12,17H,2,5-11H2,1H3. The van der Waals surface area contributed by atoms with Crippen LogP contribution in [0.4, 0.5) is 11.5 Å². The molecule has 7 nitrogen and oxygen atoms in total. The van der Waals surface area contributed by atoms with E-state index in [9.17, 15) is 8.42 Å². The monoisotopic (exact) mass is 341 g/mol. The maximum Gasteiger partial charge on any atom is 0.232 e. The van der Waals surface area contributed by atoms with Gasteiger partial charge in [0, 0.05) is 25.9 Å². The second kappa shape index (κ2) is 6.62. The Hall–Kier alpha value is -1.38. The van der Waals surface area contributed by atoms with Crippen molar-refractivity contribution in [2.75, 3.05) is 41.7 Å². The molecule has 2 fully saturated rings. The summed E-state index contributed by atoms with van der Waals surface area (Å²) in [4.78, 5) is 6.55. The third-order valence-corrected chi connectivity index (χ3v) is 5.65. The molecule has 1 spiro atoms. The van der Waals surface area contributed by atoms with Gasteiger partial charge >= 0.3 is 0 Å². The molecule has 128 valence electrons. The summed E-state index contributed by atoms with van der Waals surface area (Å²) < 4.78 is 37.5. The summed E-state index contributed by atoms with van der Waals surface area (Å²) in [5, 5.41) is 0. The summed E-state index contributed by atoms with van der Waals surface area (Å²) in [5.74, 6) is 0.561. The molecular formula is C15H23N3O4S. The largest absolute Gasteiger partial charge is 0.356 e. The number of ether oxygens (including phenoxy) is 2. The Morgan fingerprint density at radius 3 is 2.52 bits per heavy atom. The van der Waals surface area contributed by atoms with Gasteiger partial charge < -0.3 is 14.4 Å². The van der Waals surface area contributed by atoms with Crippen molar-refractivity contribution in [1.82, 2.24) is 4.98 Å². The summed E-state index contributed by atoms with van der Waals surface area (Å²) in [6.07, 6.45) is 3.79. The van der Waals surface area contributed by atoms with E-state index in [1.54, 1.807) is 12.3 Å². The zero-order valence-corrected chi connectivity index (χ0v) is 14.1. The highest BCUT2D eigenvalue weighted by molar-refractivity contribution is 7.92. The summed E-state index contributed by atoms with van der Waals surface area (Å²) >= 11 is 0. The lowest BCUT2D eigenvalue weighted by Crippen LogP contribution is -2.45. The maximum absolute atomic E-state index is 11.8. The number of rotatable bonds is 5. The molecule has 2 saturated heterocycles. The van der Waals surface area contributed by atoms with E-state index in [-0.39, 0.29) is 5.75 Å². The topological polar surface area (TPSA) is 80.8 Å². The highest BCUT2D eigenvalue weighted by Crippen LogP contribution is 2.32. The fraction of sp³-hybridized carbons (Fsp3) is 0.667. The van der Waals surface area contributed by atoms with Gasteiger partial charge in [0.25, 0.3) is 0 Å². The summed E-state index contributed by atoms with van der Waals surface area (Å²) in [6.45, 7) is 4.80. The Balaban J connectivity index is 1.60. The molecule has 0 radical (unpaired) electrons. The number of nitrogens with one attached hydrogen (secondary N) is 1. The molecule has 0 saturated carbocycles. The Morgan fingerprint density at radius 1 is 1.26 bits per heavy atom. The first-order valence-corrected chi connectivity index (χ1v) is 9.67. The van der Waals surface area contributed by atoms with E-state index >= 15 is 0 Å². The molecule has 0 aliphatic carbocycles. The molecule has 3 heterocycles. The van der Waals surface area contributed by atoms with Gasteiger partial charge in [0.15, 0.2) is 5.79 Å². The molecule has 8 heteroatoms. The predicted octanol–water partition coefficient (Wildman–Crippen LogP) is 1.58. The number of piperidine rings is 1. The molecule has 0 atom stereocenters. The number of aromatic nitrogens is 1. The highest BCUT2D eigenvalue weighted by Gasteiger charge is 2.39. The molecular weight excluding hydrogens is 318 g/mol. The van der Waals surface area contributed by atoms with Crippen molar-refractivity contribution in [1.29, 1.82) is 0 Å². The lowest BCUT2D eigenvalue weighted by Gasteiger charge is -2.38. The van der Waals surface area contributed by atoms with Gasteiger partial charge in [-0.1, -0.05) is 6.92 Å². The number of nitrogens with zero attached hydrogens (tertiary/aromatic N) is 2. The van der Waals surface area contributed by atoms with Crippen LogP contribution in [0.15, 0.2) is 18.3 Å². The molecule has 0 bridgehead atoms. The molecule has 1 aromatic heterocycles. The van der Waals surface area contributed by atoms with Crippen LogP contribution in [0.25, 0.3) is 0 Å². The van der Waals surface area contributed by atoms with Gasteiger partial charge in [-0.25, -0.2) is 13.4 Å². The molecule has 3 rings (SSSR count). The van der Waals surface area contributed by atoms with Gasteiger partial charge in [0.1, 0.15) is 5.82 Å². The van der Waals surface area contributed by atoms with Crippen LogP contribution in [-0.2, 0) is 19.5 Å². The van der Waals surface area contributed by atoms with E-state index in [2.05, 4.69) is 14.6 Å². The van der Waals surface area contributed by atoms with Crippen molar-refractivity contribution in [3.05, 3.63) is 18.3 Å². The van der Waals surface area contributed by atoms with Crippen LogP contribution >= 0.6 is 0 Å². The SMILES string of the molecule is CCCS(=O)(=O)Nc1ccc(N2CCC3(CC2)OCCO3)nc1. The first-order valence-electron chi connectivity index (χ1n) is 8.01. The second-order valence-electron chi connectivity index (χ2n) is 5.92. The lowest BCUT2D eigenvalue weighted by atomic mass is 10.0. The number of pyridine rings is 1. The fourth-order valence-electron chi connectivity index (χ4n) is 3.00. The Bertz CT molecular complexity index is 617. The van der Waals surface area contributed by atoms with Gasteiger partial charge in [-0.2, -0.15) is 0 Å². The second-order valence-corrected chi connectivity index (χ2v) is 7.76. The number of hydrogen-bond donors (Lipinski definition) is 1. The summed E-state index contributed by atoms with van der Waals surface area (Å²) in [5.41, 5.74) is 0.498. The minimum Gasteiger partial charge on any atom is -0.356 e. The number of anilines is 2. The van der Waals surface area contributed by atoms with Crippen molar-refractivity contribution >= 4 is 21.5 Å². The normalized spacial score (nSPS) is 20.8. The summed E-state index contributed by atoms with van der Waals surface area (Å²) in [7, 11) is -3.27. The third-order valence-electron chi connectivity index (χ3n) is 4.16. The first kappa shape index (κ1) is 16.5. The van der Waals surface area contributed by atoms with Crippen molar-refractivity contribution in [3.8, 4) is 0 Å². The quantitative estimate of drug-likeness (QED) is 0.876. The van der Waals surface area contributed by atoms with Crippen molar-refractivity contribution < 1.29 is 17.9 Å². The van der Waals surface area contributed by atoms with Crippen LogP contribution in [-0.4, -0.2) is 51.2 Å². The van der Waals surface area contributed by atoms with Crippen molar-refractivity contribution in [2.45, 2.75) is 32.0 Å². The van der Waals surface area contributed by atoms with E-state index in [1.165, 1.54) is 0 Å². The average molecular weight is 341 g/mol. The van der Waals surface area contributed by atoms with Gasteiger partial charge in [-0.15, -0.1) is 0 Å². The van der Waals surface area contributed by atoms with Crippen LogP contribution in [0, 0.1) is 0 Å². The van der Waals surface area contributed by atoms with Crippen LogP contribution < -0.4 is 9.62 Å². The van der Waals surface area contributed by atoms with E-state index in [0.717, 1.165) is 31.7 Å². The predicted molar refractivity (Wildman–Crippen MR) is 88.0 cm³/mol. The van der Waals surface area contributed by atoms with Gasteiger partial charge in [0.2, 0.25) is 10.0 Å². The van der Waals surface area contributed by atoms with Crippen LogP contribution in [0.2, 0.25) is 0 Å². The smallest absolute Gasteiger partial charge is 0.232 e. The van der Waals surface area contributed by atoms with Crippen molar-refractivity contribution in [2.24, 2.45) is 0 Å². The molecule has 1 aromatic rings. The van der Waals surface area contributed by atoms with Crippen LogP contribution in [0.3, 0.4) is 0 Å². The van der Waals surface area contributed by atoms with E-state index < -0.39 is 15.8 Å². The maximum atomic E-state index is 11.8. The lowest BCUT2D eigenvalue weighted by molar-refractivity contribution is -0.169. The van der Waals surface area contributed by atoms with E-state index in [1.807, 2.05) is 13.0 Å². The zero-order chi connectivity index (χ0) is 16.3. The fourth-order valence-corrected chi connectivity index (χ4v) is 4.11. The van der Waals surface area contributed by atoms with Crippen LogP contribution in [0.1, 0.15) is 26.2 Å². The average Bonchev–Trinajstić information content (AvgIpc) is 2.97. The number of hydrogen-bond acceptors (Lipinski definition) is 6. The van der Waals surface area contributed by atoms with Crippen LogP contribution in [0.5, 0.6) is 0 Å². The van der Waals surface area contributed by atoms with Gasteiger partial charge in [-0.3, -0.25) is 4.72 Å². The molecule has 2 aliphatic heterocycles. The zero-order valence-electron chi connectivity index (χ0n) is 13.3. The minimum absolute atomic E-state index is 0.114. The molecule has 1 N–H and O–H groups in total. The van der Waals surface area contributed by atoms with E-state index in [0.29, 0.717) is 25.3 Å². The molecule has 23 heavy (non-hydrogen) atoms. The molecule has 0 amide bonds. The summed E-state index contributed by atoms with van der Waals surface area (Å²) in [6, 6.07) is 3.60. The molecule has 0 unspecified atom stereocenters. The first-order chi connectivity index (χ1) is 11.0. The van der Waals surface area contributed by atoms with Gasteiger partial charge in [-0.05, 0) is 18.6 Å². The molecule has 0 aromatic carbocycles. The minimum atomic E-state index is -3.27.